The number of hydrogen-bond acceptors (Lipinski definition) is 3. The first kappa shape index (κ1) is 14.1. The fourth-order valence-electron chi connectivity index (χ4n) is 1.97. The quantitative estimate of drug-likeness (QED) is 0.780. The third-order valence-corrected chi connectivity index (χ3v) is 3.27. The maximum Gasteiger partial charge on any atom is 0.182 e. The Morgan fingerprint density at radius 3 is 2.20 bits per heavy atom. The molecule has 2 aromatic carbocycles. The number of hydrogen-bond donors (Lipinski definition) is 0. The predicted octanol–water partition coefficient (Wildman–Crippen LogP) is 3.32. The minimum atomic E-state index is 0.114. The van der Waals surface area contributed by atoms with Gasteiger partial charge in [0.2, 0.25) is 0 Å². The topological polar surface area (TPSA) is 29.5 Å². The SMILES string of the molecule is COc1ccc(N(C)CC(=O)c2ccc(C)cc2)cc1. The lowest BCUT2D eigenvalue weighted by atomic mass is 10.1. The minimum Gasteiger partial charge on any atom is -0.497 e. The van der Waals surface area contributed by atoms with Crippen LogP contribution in [-0.2, 0) is 0 Å². The van der Waals surface area contributed by atoms with E-state index in [2.05, 4.69) is 0 Å². The Hall–Kier alpha value is -2.29. The average Bonchev–Trinajstić information content (AvgIpc) is 2.48. The van der Waals surface area contributed by atoms with Crippen molar-refractivity contribution in [2.45, 2.75) is 6.92 Å². The Morgan fingerprint density at radius 1 is 1.05 bits per heavy atom. The normalized spacial score (nSPS) is 10.2. The van der Waals surface area contributed by atoms with E-state index in [-0.39, 0.29) is 5.78 Å². The van der Waals surface area contributed by atoms with Crippen molar-refractivity contribution in [3.8, 4) is 5.75 Å². The maximum atomic E-state index is 12.2. The molecule has 0 atom stereocenters. The number of benzene rings is 2. The second kappa shape index (κ2) is 6.24. The van der Waals surface area contributed by atoms with Crippen molar-refractivity contribution in [1.82, 2.24) is 0 Å². The summed E-state index contributed by atoms with van der Waals surface area (Å²) in [6.07, 6.45) is 0. The van der Waals surface area contributed by atoms with Gasteiger partial charge in [-0.05, 0) is 31.2 Å². The van der Waals surface area contributed by atoms with Gasteiger partial charge in [-0.3, -0.25) is 4.79 Å². The first-order valence-corrected chi connectivity index (χ1v) is 6.55. The van der Waals surface area contributed by atoms with Crippen LogP contribution in [0.1, 0.15) is 15.9 Å². The Labute approximate surface area is 119 Å². The van der Waals surface area contributed by atoms with Gasteiger partial charge in [0.1, 0.15) is 5.75 Å². The van der Waals surface area contributed by atoms with Crippen LogP contribution in [0.2, 0.25) is 0 Å². The lowest BCUT2D eigenvalue weighted by molar-refractivity contribution is 0.100. The van der Waals surface area contributed by atoms with Gasteiger partial charge in [0.05, 0.1) is 13.7 Å². The number of aryl methyl sites for hydroxylation is 1. The second-order valence-electron chi connectivity index (χ2n) is 4.84. The van der Waals surface area contributed by atoms with Gasteiger partial charge >= 0.3 is 0 Å². The number of anilines is 1. The highest BCUT2D eigenvalue weighted by atomic mass is 16.5. The smallest absolute Gasteiger partial charge is 0.182 e. The van der Waals surface area contributed by atoms with Crippen LogP contribution < -0.4 is 9.64 Å². The lowest BCUT2D eigenvalue weighted by Crippen LogP contribution is -2.25. The molecular weight excluding hydrogens is 250 g/mol. The van der Waals surface area contributed by atoms with Crippen molar-refractivity contribution in [2.24, 2.45) is 0 Å². The Bertz CT molecular complexity index is 573. The van der Waals surface area contributed by atoms with Gasteiger partial charge in [0.25, 0.3) is 0 Å². The third-order valence-electron chi connectivity index (χ3n) is 3.27. The molecule has 0 aliphatic heterocycles. The van der Waals surface area contributed by atoms with Gasteiger partial charge in [-0.2, -0.15) is 0 Å². The van der Waals surface area contributed by atoms with E-state index in [0.717, 1.165) is 22.6 Å². The molecule has 0 spiro atoms. The summed E-state index contributed by atoms with van der Waals surface area (Å²) in [4.78, 5) is 14.1. The lowest BCUT2D eigenvalue weighted by Gasteiger charge is -2.18. The summed E-state index contributed by atoms with van der Waals surface area (Å²) in [6.45, 7) is 2.37. The molecule has 0 heterocycles. The molecule has 104 valence electrons. The van der Waals surface area contributed by atoms with Crippen LogP contribution in [0.15, 0.2) is 48.5 Å². The van der Waals surface area contributed by atoms with Gasteiger partial charge in [-0.15, -0.1) is 0 Å². The molecule has 0 amide bonds. The Kier molecular flexibility index (Phi) is 4.41. The molecule has 0 bridgehead atoms. The fourth-order valence-corrected chi connectivity index (χ4v) is 1.97. The molecule has 2 rings (SSSR count). The molecule has 20 heavy (non-hydrogen) atoms. The van der Waals surface area contributed by atoms with E-state index in [1.54, 1.807) is 7.11 Å². The van der Waals surface area contributed by atoms with Crippen LogP contribution in [0.25, 0.3) is 0 Å². The van der Waals surface area contributed by atoms with Crippen molar-refractivity contribution in [3.05, 3.63) is 59.7 Å². The van der Waals surface area contributed by atoms with Crippen LogP contribution in [-0.4, -0.2) is 26.5 Å². The molecule has 0 aromatic heterocycles. The molecule has 3 heteroatoms. The number of likely N-dealkylation sites (N-methyl/N-ethyl adjacent to an activating group) is 1. The summed E-state index contributed by atoms with van der Waals surface area (Å²) in [5.41, 5.74) is 2.90. The zero-order valence-electron chi connectivity index (χ0n) is 12.1. The monoisotopic (exact) mass is 269 g/mol. The number of Topliss-reactive ketones (excluding diaryl/α,β-unsaturated/α-hetero) is 1. The molecule has 3 nitrogen and oxygen atoms in total. The van der Waals surface area contributed by atoms with E-state index in [1.165, 1.54) is 0 Å². The number of carbonyl (C=O) groups excluding carboxylic acids is 1. The summed E-state index contributed by atoms with van der Waals surface area (Å²) < 4.78 is 5.13. The summed E-state index contributed by atoms with van der Waals surface area (Å²) in [7, 11) is 3.55. The number of carbonyl (C=O) groups is 1. The number of rotatable bonds is 5. The number of nitrogens with zero attached hydrogens (tertiary/aromatic N) is 1. The first-order valence-electron chi connectivity index (χ1n) is 6.55. The predicted molar refractivity (Wildman–Crippen MR) is 81.8 cm³/mol. The van der Waals surface area contributed by atoms with Gasteiger partial charge in [0.15, 0.2) is 5.78 Å². The Balaban J connectivity index is 2.04. The van der Waals surface area contributed by atoms with Gasteiger partial charge in [0, 0.05) is 18.3 Å². The van der Waals surface area contributed by atoms with E-state index < -0.39 is 0 Å². The van der Waals surface area contributed by atoms with Crippen molar-refractivity contribution in [1.29, 1.82) is 0 Å². The van der Waals surface area contributed by atoms with Crippen molar-refractivity contribution >= 4 is 11.5 Å². The zero-order valence-corrected chi connectivity index (χ0v) is 12.1. The second-order valence-corrected chi connectivity index (χ2v) is 4.84. The molecule has 0 fully saturated rings. The third kappa shape index (κ3) is 3.38. The number of methoxy groups -OCH3 is 1. The average molecular weight is 269 g/mol. The van der Waals surface area contributed by atoms with Gasteiger partial charge in [-0.1, -0.05) is 29.8 Å². The van der Waals surface area contributed by atoms with Crippen LogP contribution in [0.4, 0.5) is 5.69 Å². The van der Waals surface area contributed by atoms with Gasteiger partial charge in [-0.25, -0.2) is 0 Å². The van der Waals surface area contributed by atoms with Crippen LogP contribution in [0.5, 0.6) is 5.75 Å². The fraction of sp³-hybridized carbons (Fsp3) is 0.235. The van der Waals surface area contributed by atoms with Crippen molar-refractivity contribution in [3.63, 3.8) is 0 Å². The highest BCUT2D eigenvalue weighted by Gasteiger charge is 2.09. The molecule has 2 aromatic rings. The van der Waals surface area contributed by atoms with E-state index in [0.29, 0.717) is 6.54 Å². The first-order chi connectivity index (χ1) is 9.60. The standard InChI is InChI=1S/C17H19NO2/c1-13-4-6-14(7-5-13)17(19)12-18(2)15-8-10-16(20-3)11-9-15/h4-11H,12H2,1-3H3. The Morgan fingerprint density at radius 2 is 1.65 bits per heavy atom. The van der Waals surface area contributed by atoms with E-state index >= 15 is 0 Å². The summed E-state index contributed by atoms with van der Waals surface area (Å²) in [5, 5.41) is 0. The highest BCUT2D eigenvalue weighted by Crippen LogP contribution is 2.18. The van der Waals surface area contributed by atoms with E-state index in [9.17, 15) is 4.79 Å². The molecule has 0 aliphatic carbocycles. The number of ether oxygens (including phenoxy) is 1. The zero-order chi connectivity index (χ0) is 14.5. The minimum absolute atomic E-state index is 0.114. The van der Waals surface area contributed by atoms with Gasteiger partial charge < -0.3 is 9.64 Å². The highest BCUT2D eigenvalue weighted by molar-refractivity contribution is 5.99. The van der Waals surface area contributed by atoms with Crippen LogP contribution in [0.3, 0.4) is 0 Å². The molecule has 0 aliphatic rings. The maximum absolute atomic E-state index is 12.2. The van der Waals surface area contributed by atoms with E-state index in [1.807, 2.05) is 67.4 Å². The molecule has 0 saturated carbocycles. The van der Waals surface area contributed by atoms with E-state index in [4.69, 9.17) is 4.74 Å². The van der Waals surface area contributed by atoms with Crippen molar-refractivity contribution < 1.29 is 9.53 Å². The van der Waals surface area contributed by atoms with Crippen molar-refractivity contribution in [2.75, 3.05) is 25.6 Å². The summed E-state index contributed by atoms with van der Waals surface area (Å²) >= 11 is 0. The number of ketones is 1. The van der Waals surface area contributed by atoms with Crippen LogP contribution in [0, 0.1) is 6.92 Å². The largest absolute Gasteiger partial charge is 0.497 e. The molecule has 0 radical (unpaired) electrons. The molecule has 0 N–H and O–H groups in total. The molecule has 0 saturated heterocycles. The van der Waals surface area contributed by atoms with Crippen LogP contribution >= 0.6 is 0 Å². The summed E-state index contributed by atoms with van der Waals surface area (Å²) in [5.74, 6) is 0.926. The molecular formula is C17H19NO2. The molecule has 0 unspecified atom stereocenters. The summed E-state index contributed by atoms with van der Waals surface area (Å²) in [6, 6.07) is 15.3.